The van der Waals surface area contributed by atoms with Gasteiger partial charge in [-0.25, -0.2) is 0 Å². The fourth-order valence-electron chi connectivity index (χ4n) is 2.43. The van der Waals surface area contributed by atoms with Crippen LogP contribution in [-0.2, 0) is 6.54 Å². The zero-order valence-corrected chi connectivity index (χ0v) is 14.3. The third-order valence-electron chi connectivity index (χ3n) is 3.75. The molecule has 0 aliphatic heterocycles. The largest absolute Gasteiger partial charge is 0.377 e. The molecule has 1 amide bonds. The molecule has 0 N–H and O–H groups in total. The summed E-state index contributed by atoms with van der Waals surface area (Å²) < 4.78 is 0. The van der Waals surface area contributed by atoms with Crippen LogP contribution in [0.4, 0.5) is 11.4 Å². The third kappa shape index (κ3) is 4.12. The predicted octanol–water partition coefficient (Wildman–Crippen LogP) is 2.80. The average molecular weight is 338 g/mol. The molecule has 128 valence electrons. The summed E-state index contributed by atoms with van der Waals surface area (Å²) in [5.74, 6) is -0.309. The molecule has 0 atom stereocenters. The van der Waals surface area contributed by atoms with Crippen LogP contribution in [-0.4, -0.2) is 36.9 Å². The van der Waals surface area contributed by atoms with E-state index in [4.69, 9.17) is 5.26 Å². The number of nitrogens with zero attached hydrogens (tertiary/aromatic N) is 4. The van der Waals surface area contributed by atoms with Gasteiger partial charge in [-0.05, 0) is 23.8 Å². The number of benzene rings is 2. The first-order chi connectivity index (χ1) is 11.8. The molecule has 0 fully saturated rings. The minimum atomic E-state index is -0.517. The highest BCUT2D eigenvalue weighted by Gasteiger charge is 2.21. The van der Waals surface area contributed by atoms with E-state index in [-0.39, 0.29) is 17.2 Å². The number of amides is 1. The van der Waals surface area contributed by atoms with Gasteiger partial charge >= 0.3 is 0 Å². The molecule has 0 heterocycles. The van der Waals surface area contributed by atoms with Gasteiger partial charge in [-0.15, -0.1) is 0 Å². The van der Waals surface area contributed by atoms with Crippen LogP contribution < -0.4 is 4.90 Å². The normalized spacial score (nSPS) is 10.0. The van der Waals surface area contributed by atoms with Crippen LogP contribution in [0.5, 0.6) is 0 Å². The lowest BCUT2D eigenvalue weighted by molar-refractivity contribution is -0.384. The zero-order chi connectivity index (χ0) is 18.6. The lowest BCUT2D eigenvalue weighted by Gasteiger charge is -2.22. The quantitative estimate of drug-likeness (QED) is 0.617. The minimum absolute atomic E-state index is 0.124. The molecule has 0 spiro atoms. The first-order valence-electron chi connectivity index (χ1n) is 7.53. The summed E-state index contributed by atoms with van der Waals surface area (Å²) in [6.07, 6.45) is 0. The number of anilines is 1. The number of carbonyl (C=O) groups is 1. The van der Waals surface area contributed by atoms with Gasteiger partial charge in [0, 0.05) is 45.5 Å². The number of hydrogen-bond acceptors (Lipinski definition) is 5. The maximum Gasteiger partial charge on any atom is 0.270 e. The Bertz CT molecular complexity index is 838. The Hall–Kier alpha value is -3.40. The van der Waals surface area contributed by atoms with Crippen molar-refractivity contribution < 1.29 is 9.72 Å². The molecule has 0 aliphatic carbocycles. The second-order valence-electron chi connectivity index (χ2n) is 5.82. The SMILES string of the molecule is CN(Cc1ccc(C#N)cc1)C(=O)c1cc([N+](=O)[O-])ccc1N(C)C. The van der Waals surface area contributed by atoms with Crippen molar-refractivity contribution in [1.82, 2.24) is 4.90 Å². The molecule has 0 unspecified atom stereocenters. The number of carbonyl (C=O) groups excluding carboxylic acids is 1. The smallest absolute Gasteiger partial charge is 0.270 e. The lowest BCUT2D eigenvalue weighted by Crippen LogP contribution is -2.28. The number of nitro benzene ring substituents is 1. The van der Waals surface area contributed by atoms with Crippen LogP contribution in [0.2, 0.25) is 0 Å². The Morgan fingerprint density at radius 2 is 1.80 bits per heavy atom. The monoisotopic (exact) mass is 338 g/mol. The fourth-order valence-corrected chi connectivity index (χ4v) is 2.43. The van der Waals surface area contributed by atoms with Crippen molar-refractivity contribution in [2.45, 2.75) is 6.54 Å². The number of nitro groups is 1. The standard InChI is InChI=1S/C18H18N4O3/c1-20(2)17-9-8-15(22(24)25)10-16(17)18(23)21(3)12-14-6-4-13(11-19)5-7-14/h4-10H,12H2,1-3H3. The summed E-state index contributed by atoms with van der Waals surface area (Å²) in [5, 5.41) is 19.8. The average Bonchev–Trinajstić information content (AvgIpc) is 2.60. The number of rotatable bonds is 5. The van der Waals surface area contributed by atoms with Crippen LogP contribution in [0, 0.1) is 21.4 Å². The number of hydrogen-bond donors (Lipinski definition) is 0. The van der Waals surface area contributed by atoms with E-state index in [1.165, 1.54) is 17.0 Å². The first-order valence-corrected chi connectivity index (χ1v) is 7.53. The number of nitriles is 1. The highest BCUT2D eigenvalue weighted by molar-refractivity contribution is 6.00. The van der Waals surface area contributed by atoms with Crippen LogP contribution in [0.25, 0.3) is 0 Å². The van der Waals surface area contributed by atoms with E-state index in [0.717, 1.165) is 5.56 Å². The van der Waals surface area contributed by atoms with Crippen LogP contribution in [0.3, 0.4) is 0 Å². The summed E-state index contributed by atoms with van der Waals surface area (Å²) in [5.41, 5.74) is 2.18. The van der Waals surface area contributed by atoms with E-state index in [1.54, 1.807) is 56.4 Å². The molecule has 2 aromatic carbocycles. The van der Waals surface area contributed by atoms with Gasteiger partial charge in [-0.3, -0.25) is 14.9 Å². The van der Waals surface area contributed by atoms with Crippen molar-refractivity contribution in [3.05, 3.63) is 69.3 Å². The third-order valence-corrected chi connectivity index (χ3v) is 3.75. The van der Waals surface area contributed by atoms with E-state index in [9.17, 15) is 14.9 Å². The van der Waals surface area contributed by atoms with Gasteiger partial charge in [-0.1, -0.05) is 12.1 Å². The van der Waals surface area contributed by atoms with Crippen molar-refractivity contribution in [1.29, 1.82) is 5.26 Å². The second-order valence-corrected chi connectivity index (χ2v) is 5.82. The summed E-state index contributed by atoms with van der Waals surface area (Å²) >= 11 is 0. The van der Waals surface area contributed by atoms with E-state index in [1.807, 2.05) is 6.07 Å². The van der Waals surface area contributed by atoms with E-state index in [0.29, 0.717) is 17.8 Å². The summed E-state index contributed by atoms with van der Waals surface area (Å²) in [4.78, 5) is 26.5. The molecular formula is C18H18N4O3. The van der Waals surface area contributed by atoms with Gasteiger partial charge in [0.2, 0.25) is 0 Å². The summed E-state index contributed by atoms with van der Waals surface area (Å²) in [6.45, 7) is 0.333. The van der Waals surface area contributed by atoms with Gasteiger partial charge in [0.15, 0.2) is 0 Å². The molecule has 0 aliphatic rings. The Labute approximate surface area is 145 Å². The molecule has 2 rings (SSSR count). The molecule has 0 radical (unpaired) electrons. The van der Waals surface area contributed by atoms with Crippen LogP contribution >= 0.6 is 0 Å². The van der Waals surface area contributed by atoms with E-state index >= 15 is 0 Å². The lowest BCUT2D eigenvalue weighted by atomic mass is 10.1. The minimum Gasteiger partial charge on any atom is -0.377 e. The Balaban J connectivity index is 2.29. The van der Waals surface area contributed by atoms with Gasteiger partial charge in [-0.2, -0.15) is 5.26 Å². The Kier molecular flexibility index (Phi) is 5.35. The summed E-state index contributed by atoms with van der Waals surface area (Å²) in [6, 6.07) is 13.2. The molecule has 0 bridgehead atoms. The second kappa shape index (κ2) is 7.45. The maximum absolute atomic E-state index is 12.8. The van der Waals surface area contributed by atoms with E-state index < -0.39 is 4.92 Å². The molecule has 7 nitrogen and oxygen atoms in total. The molecule has 2 aromatic rings. The molecule has 0 saturated heterocycles. The Morgan fingerprint density at radius 3 is 2.32 bits per heavy atom. The van der Waals surface area contributed by atoms with Gasteiger partial charge < -0.3 is 9.80 Å². The van der Waals surface area contributed by atoms with Crippen LogP contribution in [0.1, 0.15) is 21.5 Å². The molecule has 7 heteroatoms. The highest BCUT2D eigenvalue weighted by Crippen LogP contribution is 2.25. The molecule has 0 saturated carbocycles. The topological polar surface area (TPSA) is 90.5 Å². The number of non-ortho nitro benzene ring substituents is 1. The fraction of sp³-hybridized carbons (Fsp3) is 0.222. The highest BCUT2D eigenvalue weighted by atomic mass is 16.6. The Morgan fingerprint density at radius 1 is 1.16 bits per heavy atom. The molecule has 25 heavy (non-hydrogen) atoms. The van der Waals surface area contributed by atoms with Gasteiger partial charge in [0.25, 0.3) is 11.6 Å². The van der Waals surface area contributed by atoms with Crippen molar-refractivity contribution in [2.24, 2.45) is 0 Å². The molecular weight excluding hydrogens is 320 g/mol. The molecule has 0 aromatic heterocycles. The van der Waals surface area contributed by atoms with Gasteiger partial charge in [0.1, 0.15) is 0 Å². The van der Waals surface area contributed by atoms with Crippen molar-refractivity contribution in [3.63, 3.8) is 0 Å². The van der Waals surface area contributed by atoms with Gasteiger partial charge in [0.05, 0.1) is 22.1 Å². The predicted molar refractivity (Wildman–Crippen MR) is 94.4 cm³/mol. The van der Waals surface area contributed by atoms with Crippen molar-refractivity contribution in [3.8, 4) is 6.07 Å². The van der Waals surface area contributed by atoms with E-state index in [2.05, 4.69) is 0 Å². The zero-order valence-electron chi connectivity index (χ0n) is 14.3. The first kappa shape index (κ1) is 17.9. The van der Waals surface area contributed by atoms with Crippen LogP contribution in [0.15, 0.2) is 42.5 Å². The van der Waals surface area contributed by atoms with Crippen molar-refractivity contribution in [2.75, 3.05) is 26.0 Å². The van der Waals surface area contributed by atoms with Crippen molar-refractivity contribution >= 4 is 17.3 Å². The summed E-state index contributed by atoms with van der Waals surface area (Å²) in [7, 11) is 5.19. The maximum atomic E-state index is 12.8.